The molecule has 0 bridgehead atoms. The zero-order valence-electron chi connectivity index (χ0n) is 18.6. The van der Waals surface area contributed by atoms with Crippen molar-refractivity contribution in [3.8, 4) is 11.1 Å². The van der Waals surface area contributed by atoms with Crippen LogP contribution in [0.4, 0.5) is 17.6 Å². The molecule has 2 aromatic rings. The molecule has 2 aromatic carbocycles. The topological polar surface area (TPSA) is 104 Å². The maximum atomic E-state index is 13.1. The van der Waals surface area contributed by atoms with Crippen molar-refractivity contribution in [2.75, 3.05) is 6.67 Å². The van der Waals surface area contributed by atoms with E-state index in [4.69, 9.17) is 5.11 Å². The first-order chi connectivity index (χ1) is 16.5. The highest BCUT2D eigenvalue weighted by Gasteiger charge is 2.37. The second kappa shape index (κ2) is 10.2. The van der Waals surface area contributed by atoms with Crippen LogP contribution in [0, 0.1) is 0 Å². The van der Waals surface area contributed by atoms with E-state index in [0.29, 0.717) is 16.7 Å². The highest BCUT2D eigenvalue weighted by Crippen LogP contribution is 2.33. The molecule has 2 N–H and O–H groups in total. The summed E-state index contributed by atoms with van der Waals surface area (Å²) in [6.45, 7) is 0.237. The Morgan fingerprint density at radius 3 is 2.26 bits per heavy atom. The van der Waals surface area contributed by atoms with Crippen LogP contribution in [-0.2, 0) is 27.1 Å². The summed E-state index contributed by atoms with van der Waals surface area (Å²) in [5.41, 5.74) is 1.06. The van der Waals surface area contributed by atoms with E-state index in [1.54, 1.807) is 19.1 Å². The standard InChI is InChI=1S/C24H22F4N2O5/c1-2-19(22(34)29-18(10-21(32)33)20(31)11-25)30-12-15-4-3-14(9-17(15)23(30)35)13-5-7-16(8-6-13)24(26,27)28/h3-9,18-19H,2,10-12H2,1H3,(H,29,34)(H,32,33). The molecule has 0 aromatic heterocycles. The number of hydrogen-bond acceptors (Lipinski definition) is 4. The van der Waals surface area contributed by atoms with Crippen LogP contribution in [0.2, 0.25) is 0 Å². The number of fused-ring (bicyclic) bond motifs is 1. The predicted octanol–water partition coefficient (Wildman–Crippen LogP) is 3.60. The van der Waals surface area contributed by atoms with Crippen LogP contribution in [0.15, 0.2) is 42.5 Å². The van der Waals surface area contributed by atoms with Gasteiger partial charge >= 0.3 is 12.1 Å². The molecule has 0 saturated heterocycles. The lowest BCUT2D eigenvalue weighted by molar-refractivity contribution is -0.140. The van der Waals surface area contributed by atoms with Gasteiger partial charge < -0.3 is 15.3 Å². The molecule has 0 fully saturated rings. The third-order valence-electron chi connectivity index (χ3n) is 5.77. The Morgan fingerprint density at radius 1 is 1.09 bits per heavy atom. The molecule has 2 amide bonds. The van der Waals surface area contributed by atoms with E-state index >= 15 is 0 Å². The van der Waals surface area contributed by atoms with Gasteiger partial charge in [-0.25, -0.2) is 4.39 Å². The molecule has 0 spiro atoms. The monoisotopic (exact) mass is 494 g/mol. The number of carboxylic acids is 1. The van der Waals surface area contributed by atoms with E-state index in [1.807, 2.05) is 0 Å². The lowest BCUT2D eigenvalue weighted by Crippen LogP contribution is -2.52. The molecule has 2 atom stereocenters. The van der Waals surface area contributed by atoms with Gasteiger partial charge in [-0.05, 0) is 41.3 Å². The number of carbonyl (C=O) groups excluding carboxylic acids is 3. The molecule has 1 aliphatic heterocycles. The fourth-order valence-electron chi connectivity index (χ4n) is 3.93. The summed E-state index contributed by atoms with van der Waals surface area (Å²) in [4.78, 5) is 49.9. The Bertz CT molecular complexity index is 1150. The van der Waals surface area contributed by atoms with Gasteiger partial charge in [-0.3, -0.25) is 19.2 Å². The lowest BCUT2D eigenvalue weighted by atomic mass is 9.99. The van der Waals surface area contributed by atoms with Crippen molar-refractivity contribution < 1.29 is 41.8 Å². The molecule has 0 radical (unpaired) electrons. The van der Waals surface area contributed by atoms with Crippen molar-refractivity contribution in [2.24, 2.45) is 0 Å². The molecule has 7 nitrogen and oxygen atoms in total. The van der Waals surface area contributed by atoms with Crippen molar-refractivity contribution in [2.45, 2.75) is 44.6 Å². The lowest BCUT2D eigenvalue weighted by Gasteiger charge is -2.27. The van der Waals surface area contributed by atoms with Gasteiger partial charge in [-0.1, -0.05) is 31.2 Å². The average Bonchev–Trinajstić information content (AvgIpc) is 3.13. The largest absolute Gasteiger partial charge is 0.481 e. The van der Waals surface area contributed by atoms with Gasteiger partial charge in [-0.15, -0.1) is 0 Å². The molecular formula is C24H22F4N2O5. The fourth-order valence-corrected chi connectivity index (χ4v) is 3.93. The molecule has 0 aliphatic carbocycles. The van der Waals surface area contributed by atoms with Crippen LogP contribution in [0.1, 0.15) is 41.3 Å². The zero-order valence-corrected chi connectivity index (χ0v) is 18.6. The average molecular weight is 494 g/mol. The number of nitrogens with zero attached hydrogens (tertiary/aromatic N) is 1. The Balaban J connectivity index is 1.80. The normalized spacial score (nSPS) is 14.9. The predicted molar refractivity (Wildman–Crippen MR) is 116 cm³/mol. The van der Waals surface area contributed by atoms with Crippen LogP contribution in [0.3, 0.4) is 0 Å². The van der Waals surface area contributed by atoms with Crippen molar-refractivity contribution >= 4 is 23.6 Å². The van der Waals surface area contributed by atoms with Crippen LogP contribution in [-0.4, -0.2) is 52.3 Å². The Morgan fingerprint density at radius 2 is 1.71 bits per heavy atom. The van der Waals surface area contributed by atoms with E-state index in [9.17, 15) is 36.7 Å². The molecule has 3 rings (SSSR count). The maximum Gasteiger partial charge on any atom is 0.416 e. The molecular weight excluding hydrogens is 472 g/mol. The summed E-state index contributed by atoms with van der Waals surface area (Å²) in [6, 6.07) is 6.71. The van der Waals surface area contributed by atoms with Gasteiger partial charge in [0.2, 0.25) is 5.91 Å². The number of alkyl halides is 4. The molecule has 2 unspecified atom stereocenters. The second-order valence-electron chi connectivity index (χ2n) is 8.06. The van der Waals surface area contributed by atoms with Crippen LogP contribution < -0.4 is 5.32 Å². The summed E-state index contributed by atoms with van der Waals surface area (Å²) >= 11 is 0. The molecule has 11 heteroatoms. The first kappa shape index (κ1) is 25.9. The van der Waals surface area contributed by atoms with Crippen LogP contribution in [0.5, 0.6) is 0 Å². The maximum absolute atomic E-state index is 13.1. The van der Waals surface area contributed by atoms with Gasteiger partial charge in [-0.2, -0.15) is 13.2 Å². The highest BCUT2D eigenvalue weighted by molar-refractivity contribution is 6.02. The summed E-state index contributed by atoms with van der Waals surface area (Å²) in [7, 11) is 0. The number of rotatable bonds is 9. The van der Waals surface area contributed by atoms with Gasteiger partial charge in [0.25, 0.3) is 5.91 Å². The van der Waals surface area contributed by atoms with Gasteiger partial charge in [0.15, 0.2) is 5.78 Å². The van der Waals surface area contributed by atoms with Gasteiger partial charge in [0.05, 0.1) is 12.0 Å². The van der Waals surface area contributed by atoms with E-state index in [0.717, 1.165) is 12.1 Å². The smallest absolute Gasteiger partial charge is 0.416 e. The second-order valence-corrected chi connectivity index (χ2v) is 8.06. The van der Waals surface area contributed by atoms with E-state index in [-0.39, 0.29) is 18.5 Å². The molecule has 1 heterocycles. The van der Waals surface area contributed by atoms with Gasteiger partial charge in [0, 0.05) is 12.1 Å². The number of carboxylic acid groups (broad SMARTS) is 1. The van der Waals surface area contributed by atoms with Crippen LogP contribution in [0.25, 0.3) is 11.1 Å². The number of halogens is 4. The molecule has 35 heavy (non-hydrogen) atoms. The summed E-state index contributed by atoms with van der Waals surface area (Å²) in [6.07, 6.45) is -5.13. The van der Waals surface area contributed by atoms with Crippen molar-refractivity contribution in [1.82, 2.24) is 10.2 Å². The van der Waals surface area contributed by atoms with Crippen molar-refractivity contribution in [3.63, 3.8) is 0 Å². The minimum Gasteiger partial charge on any atom is -0.481 e. The number of amides is 2. The van der Waals surface area contributed by atoms with E-state index in [2.05, 4.69) is 5.32 Å². The first-order valence-electron chi connectivity index (χ1n) is 10.7. The van der Waals surface area contributed by atoms with Crippen LogP contribution >= 0.6 is 0 Å². The van der Waals surface area contributed by atoms with Gasteiger partial charge in [0.1, 0.15) is 18.8 Å². The fraction of sp³-hybridized carbons (Fsp3) is 0.333. The molecule has 0 saturated carbocycles. The summed E-state index contributed by atoms with van der Waals surface area (Å²) < 4.78 is 51.3. The molecule has 1 aliphatic rings. The number of carbonyl (C=O) groups is 4. The number of ketones is 1. The minimum absolute atomic E-state index is 0.0635. The number of Topliss-reactive ketones (excluding diaryl/α,β-unsaturated/α-hetero) is 1. The Labute approximate surface area is 197 Å². The zero-order chi connectivity index (χ0) is 25.9. The number of aliphatic carboxylic acids is 1. The number of nitrogens with one attached hydrogen (secondary N) is 1. The summed E-state index contributed by atoms with van der Waals surface area (Å²) in [5.74, 6) is -3.77. The Kier molecular flexibility index (Phi) is 7.57. The summed E-state index contributed by atoms with van der Waals surface area (Å²) in [5, 5.41) is 11.2. The quantitative estimate of drug-likeness (QED) is 0.519. The molecule has 186 valence electrons. The van der Waals surface area contributed by atoms with E-state index < -0.39 is 60.5 Å². The van der Waals surface area contributed by atoms with Crippen molar-refractivity contribution in [1.29, 1.82) is 0 Å². The van der Waals surface area contributed by atoms with Crippen molar-refractivity contribution in [3.05, 3.63) is 59.2 Å². The number of benzene rings is 2. The SMILES string of the molecule is CCC(C(=O)NC(CC(=O)O)C(=O)CF)N1Cc2ccc(-c3ccc(C(F)(F)F)cc3)cc2C1=O. The minimum atomic E-state index is -4.47. The third kappa shape index (κ3) is 5.67. The first-order valence-corrected chi connectivity index (χ1v) is 10.7. The Hall–Kier alpha value is -3.76. The highest BCUT2D eigenvalue weighted by atomic mass is 19.4. The number of hydrogen-bond donors (Lipinski definition) is 2. The van der Waals surface area contributed by atoms with E-state index in [1.165, 1.54) is 23.1 Å². The third-order valence-corrected chi connectivity index (χ3v) is 5.77.